The summed E-state index contributed by atoms with van der Waals surface area (Å²) in [4.78, 5) is 23.2. The van der Waals surface area contributed by atoms with Gasteiger partial charge in [0.05, 0.1) is 6.61 Å². The molecule has 1 amide bonds. The molecule has 0 spiro atoms. The Labute approximate surface area is 116 Å². The highest BCUT2D eigenvalue weighted by molar-refractivity contribution is 6.32. The Morgan fingerprint density at radius 2 is 1.89 bits per heavy atom. The summed E-state index contributed by atoms with van der Waals surface area (Å²) >= 11 is 0. The van der Waals surface area contributed by atoms with Gasteiger partial charge >= 0.3 is 11.9 Å². The van der Waals surface area contributed by atoms with Crippen LogP contribution in [0.5, 0.6) is 0 Å². The average Bonchev–Trinajstić information content (AvgIpc) is 2.35. The Morgan fingerprint density at radius 1 is 1.32 bits per heavy atom. The van der Waals surface area contributed by atoms with E-state index in [2.05, 4.69) is 19.2 Å². The molecule has 0 aliphatic heterocycles. The number of esters is 1. The van der Waals surface area contributed by atoms with Crippen molar-refractivity contribution in [3.05, 3.63) is 0 Å². The molecule has 1 aliphatic rings. The second-order valence-corrected chi connectivity index (χ2v) is 6.23. The van der Waals surface area contributed by atoms with Crippen molar-refractivity contribution in [3.8, 4) is 0 Å². The van der Waals surface area contributed by atoms with Gasteiger partial charge in [-0.25, -0.2) is 4.79 Å². The minimum absolute atomic E-state index is 0.256. The van der Waals surface area contributed by atoms with E-state index in [-0.39, 0.29) is 5.54 Å². The van der Waals surface area contributed by atoms with Gasteiger partial charge in [0, 0.05) is 5.54 Å². The predicted molar refractivity (Wildman–Crippen MR) is 74.6 cm³/mol. The van der Waals surface area contributed by atoms with Gasteiger partial charge in [-0.2, -0.15) is 0 Å². The van der Waals surface area contributed by atoms with Crippen LogP contribution in [0, 0.1) is 11.8 Å². The lowest BCUT2D eigenvalue weighted by Gasteiger charge is -2.39. The van der Waals surface area contributed by atoms with Gasteiger partial charge < -0.3 is 10.1 Å². The molecule has 0 saturated heterocycles. The number of carbonyl (C=O) groups excluding carboxylic acids is 2. The predicted octanol–water partition coefficient (Wildman–Crippen LogP) is 2.66. The Hall–Kier alpha value is -1.06. The number of hydrogen-bond acceptors (Lipinski definition) is 3. The van der Waals surface area contributed by atoms with Gasteiger partial charge in [0.15, 0.2) is 0 Å². The van der Waals surface area contributed by atoms with Crippen LogP contribution < -0.4 is 5.32 Å². The van der Waals surface area contributed by atoms with Gasteiger partial charge in [0.1, 0.15) is 0 Å². The van der Waals surface area contributed by atoms with E-state index in [1.165, 1.54) is 0 Å². The first kappa shape index (κ1) is 16.0. The molecule has 0 radical (unpaired) electrons. The van der Waals surface area contributed by atoms with Crippen LogP contribution in [0.4, 0.5) is 0 Å². The summed E-state index contributed by atoms with van der Waals surface area (Å²) in [5, 5.41) is 2.85. The third-order valence-corrected chi connectivity index (χ3v) is 4.11. The van der Waals surface area contributed by atoms with E-state index in [1.54, 1.807) is 0 Å². The molecule has 1 saturated carbocycles. The maximum atomic E-state index is 11.8. The van der Waals surface area contributed by atoms with E-state index >= 15 is 0 Å². The second kappa shape index (κ2) is 6.92. The molecule has 0 heterocycles. The van der Waals surface area contributed by atoms with E-state index in [0.717, 1.165) is 38.0 Å². The van der Waals surface area contributed by atoms with Gasteiger partial charge in [-0.1, -0.05) is 20.8 Å². The molecule has 0 aromatic rings. The molecule has 1 fully saturated rings. The summed E-state index contributed by atoms with van der Waals surface area (Å²) < 4.78 is 4.85. The highest BCUT2D eigenvalue weighted by atomic mass is 16.5. The first-order valence-corrected chi connectivity index (χ1v) is 7.37. The van der Waals surface area contributed by atoms with Crippen molar-refractivity contribution in [1.82, 2.24) is 5.32 Å². The van der Waals surface area contributed by atoms with Crippen LogP contribution in [0.2, 0.25) is 0 Å². The molecular formula is C15H27NO3. The first-order valence-electron chi connectivity index (χ1n) is 7.37. The van der Waals surface area contributed by atoms with Crippen LogP contribution in [-0.4, -0.2) is 24.0 Å². The lowest BCUT2D eigenvalue weighted by molar-refractivity contribution is -0.156. The van der Waals surface area contributed by atoms with Crippen LogP contribution in [0.1, 0.15) is 59.8 Å². The van der Waals surface area contributed by atoms with Crippen molar-refractivity contribution in [3.63, 3.8) is 0 Å². The maximum absolute atomic E-state index is 11.8. The molecule has 110 valence electrons. The van der Waals surface area contributed by atoms with Gasteiger partial charge in [0.25, 0.3) is 0 Å². The van der Waals surface area contributed by atoms with E-state index in [9.17, 15) is 9.59 Å². The van der Waals surface area contributed by atoms with Gasteiger partial charge in [-0.15, -0.1) is 0 Å². The van der Waals surface area contributed by atoms with E-state index in [1.807, 2.05) is 13.8 Å². The zero-order valence-corrected chi connectivity index (χ0v) is 12.6. The van der Waals surface area contributed by atoms with Crippen molar-refractivity contribution < 1.29 is 14.3 Å². The van der Waals surface area contributed by atoms with E-state index in [4.69, 9.17) is 4.74 Å². The second-order valence-electron chi connectivity index (χ2n) is 6.23. The van der Waals surface area contributed by atoms with Gasteiger partial charge in [-0.05, 0) is 50.9 Å². The zero-order valence-electron chi connectivity index (χ0n) is 12.6. The number of rotatable bonds is 4. The number of carbonyl (C=O) groups is 2. The molecule has 1 aliphatic carbocycles. The van der Waals surface area contributed by atoms with Crippen LogP contribution in [0.15, 0.2) is 0 Å². The van der Waals surface area contributed by atoms with Crippen LogP contribution >= 0.6 is 0 Å². The number of hydrogen-bond donors (Lipinski definition) is 1. The monoisotopic (exact) mass is 269 g/mol. The molecule has 0 unspecified atom stereocenters. The average molecular weight is 269 g/mol. The smallest absolute Gasteiger partial charge is 0.396 e. The number of amides is 1. The minimum atomic E-state index is -0.756. The lowest BCUT2D eigenvalue weighted by atomic mass is 9.73. The molecule has 0 aromatic heterocycles. The number of nitrogens with one attached hydrogen (secondary N) is 1. The topological polar surface area (TPSA) is 55.4 Å². The van der Waals surface area contributed by atoms with Gasteiger partial charge in [0.2, 0.25) is 0 Å². The third kappa shape index (κ3) is 4.84. The highest BCUT2D eigenvalue weighted by Crippen LogP contribution is 2.35. The molecule has 4 heteroatoms. The molecule has 0 bridgehead atoms. The quantitative estimate of drug-likeness (QED) is 0.630. The first-order chi connectivity index (χ1) is 8.88. The van der Waals surface area contributed by atoms with Gasteiger partial charge in [-0.3, -0.25) is 4.79 Å². The molecular weight excluding hydrogens is 242 g/mol. The van der Waals surface area contributed by atoms with Crippen LogP contribution in [-0.2, 0) is 14.3 Å². The molecule has 19 heavy (non-hydrogen) atoms. The Morgan fingerprint density at radius 3 is 2.37 bits per heavy atom. The molecule has 1 rings (SSSR count). The van der Waals surface area contributed by atoms with Crippen LogP contribution in [0.3, 0.4) is 0 Å². The summed E-state index contributed by atoms with van der Waals surface area (Å²) in [6.45, 7) is 8.72. The molecule has 0 atom stereocenters. The lowest BCUT2D eigenvalue weighted by Crippen LogP contribution is -2.51. The fraction of sp³-hybridized carbons (Fsp3) is 0.867. The van der Waals surface area contributed by atoms with Crippen molar-refractivity contribution in [2.75, 3.05) is 6.61 Å². The summed E-state index contributed by atoms with van der Waals surface area (Å²) in [5.41, 5.74) is -0.256. The Kier molecular flexibility index (Phi) is 5.83. The van der Waals surface area contributed by atoms with Crippen molar-refractivity contribution in [2.45, 2.75) is 65.3 Å². The summed E-state index contributed by atoms with van der Waals surface area (Å²) in [6.07, 6.45) is 4.81. The standard InChI is InChI=1S/C15H27NO3/c1-5-10-19-14(18)13(17)16-15(4)8-6-12(7-9-15)11(2)3/h11-12H,5-10H2,1-4H3,(H,16,17). The minimum Gasteiger partial charge on any atom is -0.459 e. The van der Waals surface area contributed by atoms with E-state index in [0.29, 0.717) is 12.5 Å². The molecule has 0 aromatic carbocycles. The zero-order chi connectivity index (χ0) is 14.5. The maximum Gasteiger partial charge on any atom is 0.396 e. The Bertz CT molecular complexity index is 317. The molecule has 4 nitrogen and oxygen atoms in total. The largest absolute Gasteiger partial charge is 0.459 e. The normalized spacial score (nSPS) is 27.1. The summed E-state index contributed by atoms with van der Waals surface area (Å²) in [7, 11) is 0. The summed E-state index contributed by atoms with van der Waals surface area (Å²) in [6, 6.07) is 0. The van der Waals surface area contributed by atoms with Crippen molar-refractivity contribution >= 4 is 11.9 Å². The fourth-order valence-corrected chi connectivity index (χ4v) is 2.65. The summed E-state index contributed by atoms with van der Waals surface area (Å²) in [5.74, 6) is 0.0693. The van der Waals surface area contributed by atoms with E-state index < -0.39 is 11.9 Å². The highest BCUT2D eigenvalue weighted by Gasteiger charge is 2.34. The SMILES string of the molecule is CCCOC(=O)C(=O)NC1(C)CCC(C(C)C)CC1. The third-order valence-electron chi connectivity index (χ3n) is 4.11. The molecule has 1 N–H and O–H groups in total. The van der Waals surface area contributed by atoms with Crippen LogP contribution in [0.25, 0.3) is 0 Å². The number of ether oxygens (including phenoxy) is 1. The fourth-order valence-electron chi connectivity index (χ4n) is 2.65. The Balaban J connectivity index is 2.44. The van der Waals surface area contributed by atoms with Crippen molar-refractivity contribution in [2.24, 2.45) is 11.8 Å². The van der Waals surface area contributed by atoms with Crippen molar-refractivity contribution in [1.29, 1.82) is 0 Å².